The van der Waals surface area contributed by atoms with E-state index in [2.05, 4.69) is 0 Å². The molecule has 150 valence electrons. The van der Waals surface area contributed by atoms with Gasteiger partial charge in [0.25, 0.3) is 11.8 Å². The van der Waals surface area contributed by atoms with E-state index in [1.54, 1.807) is 41.3 Å². The molecule has 2 aromatic rings. The lowest BCUT2D eigenvalue weighted by atomic mass is 10.1. The van der Waals surface area contributed by atoms with E-state index in [0.29, 0.717) is 36.9 Å². The Bertz CT molecular complexity index is 975. The van der Waals surface area contributed by atoms with Gasteiger partial charge in [-0.05, 0) is 30.3 Å². The summed E-state index contributed by atoms with van der Waals surface area (Å²) >= 11 is 5.99. The fourth-order valence-electron chi connectivity index (χ4n) is 3.99. The largest absolute Gasteiger partial charge is 0.327 e. The zero-order valence-corrected chi connectivity index (χ0v) is 16.4. The number of carbonyl (C=O) groups is 3. The molecule has 0 spiro atoms. The number of benzene rings is 2. The van der Waals surface area contributed by atoms with Crippen molar-refractivity contribution in [3.8, 4) is 0 Å². The molecule has 0 bridgehead atoms. The number of imide groups is 1. The Hall–Kier alpha value is -2.77. The molecule has 0 aromatic heterocycles. The van der Waals surface area contributed by atoms with E-state index < -0.39 is 11.9 Å². The summed E-state index contributed by atoms with van der Waals surface area (Å²) in [6.45, 7) is 1.84. The van der Waals surface area contributed by atoms with Gasteiger partial charge in [0.1, 0.15) is 5.82 Å². The molecule has 2 aromatic carbocycles. The summed E-state index contributed by atoms with van der Waals surface area (Å²) in [6.07, 6.45) is 0.127. The lowest BCUT2D eigenvalue weighted by Gasteiger charge is -2.34. The van der Waals surface area contributed by atoms with Gasteiger partial charge in [-0.15, -0.1) is 0 Å². The first-order chi connectivity index (χ1) is 14.0. The third-order valence-electron chi connectivity index (χ3n) is 5.50. The van der Waals surface area contributed by atoms with E-state index in [-0.39, 0.29) is 29.7 Å². The second kappa shape index (κ2) is 7.93. The quantitative estimate of drug-likeness (QED) is 0.764. The van der Waals surface area contributed by atoms with Crippen LogP contribution in [0.15, 0.2) is 48.5 Å². The van der Waals surface area contributed by atoms with Gasteiger partial charge in [-0.2, -0.15) is 0 Å². The van der Waals surface area contributed by atoms with Crippen molar-refractivity contribution >= 4 is 35.0 Å². The molecule has 6 nitrogen and oxygen atoms in total. The van der Waals surface area contributed by atoms with E-state index in [0.717, 1.165) is 4.90 Å². The number of piperazine rings is 1. The number of hydrogen-bond donors (Lipinski definition) is 1. The first kappa shape index (κ1) is 19.5. The molecule has 0 radical (unpaired) electrons. The Kier molecular flexibility index (Phi) is 5.34. The van der Waals surface area contributed by atoms with Gasteiger partial charge in [0.05, 0.1) is 43.9 Å². The van der Waals surface area contributed by atoms with Crippen molar-refractivity contribution in [2.75, 3.05) is 31.1 Å². The van der Waals surface area contributed by atoms with Crippen LogP contribution in [0.2, 0.25) is 5.02 Å². The monoisotopic (exact) mass is 416 g/mol. The summed E-state index contributed by atoms with van der Waals surface area (Å²) in [6, 6.07) is 12.1. The number of quaternary nitrogens is 1. The highest BCUT2D eigenvalue weighted by molar-refractivity contribution is 6.31. The van der Waals surface area contributed by atoms with E-state index in [9.17, 15) is 18.8 Å². The Morgan fingerprint density at radius 2 is 1.79 bits per heavy atom. The second-order valence-corrected chi connectivity index (χ2v) is 7.67. The van der Waals surface area contributed by atoms with Crippen LogP contribution < -0.4 is 9.80 Å². The molecule has 2 fully saturated rings. The van der Waals surface area contributed by atoms with Crippen LogP contribution in [-0.4, -0.2) is 54.8 Å². The SMILES string of the molecule is O=C(c1ccccc1F)N1CC[NH+]([C@@H]2CC(=O)N(c3cccc(Cl)c3)C2=O)CC1. The fourth-order valence-corrected chi connectivity index (χ4v) is 4.17. The van der Waals surface area contributed by atoms with E-state index >= 15 is 0 Å². The van der Waals surface area contributed by atoms with Gasteiger partial charge in [-0.3, -0.25) is 14.4 Å². The maximum absolute atomic E-state index is 13.9. The molecule has 0 aliphatic carbocycles. The highest BCUT2D eigenvalue weighted by Crippen LogP contribution is 2.24. The Morgan fingerprint density at radius 3 is 2.48 bits per heavy atom. The Labute approximate surface area is 172 Å². The molecule has 2 heterocycles. The number of nitrogens with one attached hydrogen (secondary N) is 1. The van der Waals surface area contributed by atoms with Gasteiger partial charge in [-0.25, -0.2) is 9.29 Å². The molecule has 4 rings (SSSR count). The van der Waals surface area contributed by atoms with Crippen LogP contribution in [0.3, 0.4) is 0 Å². The molecule has 2 saturated heterocycles. The van der Waals surface area contributed by atoms with Crippen molar-refractivity contribution in [2.24, 2.45) is 0 Å². The minimum absolute atomic E-state index is 0.0511. The van der Waals surface area contributed by atoms with Crippen molar-refractivity contribution in [2.45, 2.75) is 12.5 Å². The molecule has 8 heteroatoms. The average Bonchev–Trinajstić information content (AvgIpc) is 3.02. The summed E-state index contributed by atoms with van der Waals surface area (Å²) in [4.78, 5) is 41.7. The molecule has 1 atom stereocenters. The number of amides is 3. The topological polar surface area (TPSA) is 62.1 Å². The highest BCUT2D eigenvalue weighted by Gasteiger charge is 2.46. The first-order valence-electron chi connectivity index (χ1n) is 9.46. The van der Waals surface area contributed by atoms with Crippen LogP contribution in [0.4, 0.5) is 10.1 Å². The van der Waals surface area contributed by atoms with Crippen molar-refractivity contribution < 1.29 is 23.7 Å². The minimum atomic E-state index is -0.541. The van der Waals surface area contributed by atoms with Crippen molar-refractivity contribution in [1.29, 1.82) is 0 Å². The zero-order chi connectivity index (χ0) is 20.5. The summed E-state index contributed by atoms with van der Waals surface area (Å²) in [7, 11) is 0. The molecule has 2 aliphatic heterocycles. The van der Waals surface area contributed by atoms with Crippen molar-refractivity contribution in [3.05, 3.63) is 64.9 Å². The second-order valence-electron chi connectivity index (χ2n) is 7.23. The average molecular weight is 417 g/mol. The Balaban J connectivity index is 1.43. The third kappa shape index (κ3) is 3.75. The molecule has 2 aliphatic rings. The maximum atomic E-state index is 13.9. The number of anilines is 1. The van der Waals surface area contributed by atoms with Gasteiger partial charge in [0.15, 0.2) is 6.04 Å². The number of halogens is 2. The molecule has 29 heavy (non-hydrogen) atoms. The maximum Gasteiger partial charge on any atom is 0.292 e. The predicted octanol–water partition coefficient (Wildman–Crippen LogP) is 1.15. The standard InChI is InChI=1S/C21H19ClFN3O3/c22-14-4-3-5-15(12-14)26-19(27)13-18(21(26)29)24-8-10-25(11-9-24)20(28)16-6-1-2-7-17(16)23/h1-7,12,18H,8-11,13H2/p+1/t18-/m1/s1. The molecule has 0 saturated carbocycles. The summed E-state index contributed by atoms with van der Waals surface area (Å²) in [5.41, 5.74) is 0.526. The van der Waals surface area contributed by atoms with Crippen molar-refractivity contribution in [3.63, 3.8) is 0 Å². The summed E-state index contributed by atoms with van der Waals surface area (Å²) < 4.78 is 13.9. The number of hydrogen-bond acceptors (Lipinski definition) is 3. The van der Waals surface area contributed by atoms with E-state index in [4.69, 9.17) is 11.6 Å². The highest BCUT2D eigenvalue weighted by atomic mass is 35.5. The fraction of sp³-hybridized carbons (Fsp3) is 0.286. The van der Waals surface area contributed by atoms with Crippen LogP contribution >= 0.6 is 11.6 Å². The van der Waals surface area contributed by atoms with Gasteiger partial charge in [-0.1, -0.05) is 29.8 Å². The van der Waals surface area contributed by atoms with Gasteiger partial charge in [0.2, 0.25) is 5.91 Å². The number of nitrogens with zero attached hydrogens (tertiary/aromatic N) is 2. The molecular formula is C21H20ClFN3O3+. The number of rotatable bonds is 3. The van der Waals surface area contributed by atoms with Gasteiger partial charge < -0.3 is 9.80 Å². The predicted molar refractivity (Wildman–Crippen MR) is 105 cm³/mol. The van der Waals surface area contributed by atoms with Crippen LogP contribution in [0.1, 0.15) is 16.8 Å². The molecular weight excluding hydrogens is 397 g/mol. The third-order valence-corrected chi connectivity index (χ3v) is 5.74. The lowest BCUT2D eigenvalue weighted by Crippen LogP contribution is -3.19. The molecule has 3 amide bonds. The van der Waals surface area contributed by atoms with E-state index in [1.807, 2.05) is 0 Å². The van der Waals surface area contributed by atoms with Crippen LogP contribution in [0, 0.1) is 5.82 Å². The van der Waals surface area contributed by atoms with Crippen LogP contribution in [0.5, 0.6) is 0 Å². The normalized spacial score (nSPS) is 20.4. The lowest BCUT2D eigenvalue weighted by molar-refractivity contribution is -0.918. The molecule has 0 unspecified atom stereocenters. The van der Waals surface area contributed by atoms with Crippen LogP contribution in [0.25, 0.3) is 0 Å². The van der Waals surface area contributed by atoms with Crippen LogP contribution in [-0.2, 0) is 9.59 Å². The minimum Gasteiger partial charge on any atom is -0.327 e. The van der Waals surface area contributed by atoms with Crippen molar-refractivity contribution in [1.82, 2.24) is 4.90 Å². The summed E-state index contributed by atoms with van der Waals surface area (Å²) in [5, 5.41) is 0.458. The summed E-state index contributed by atoms with van der Waals surface area (Å²) in [5.74, 6) is -1.39. The Morgan fingerprint density at radius 1 is 1.07 bits per heavy atom. The zero-order valence-electron chi connectivity index (χ0n) is 15.6. The first-order valence-corrected chi connectivity index (χ1v) is 9.84. The smallest absolute Gasteiger partial charge is 0.292 e. The van der Waals surface area contributed by atoms with E-state index in [1.165, 1.54) is 17.0 Å². The number of carbonyl (C=O) groups excluding carboxylic acids is 3. The van der Waals surface area contributed by atoms with Gasteiger partial charge >= 0.3 is 0 Å². The van der Waals surface area contributed by atoms with Gasteiger partial charge in [0, 0.05) is 5.02 Å². The molecule has 1 N–H and O–H groups in total.